The molecule has 5 heteroatoms. The molecule has 0 atom stereocenters. The van der Waals surface area contributed by atoms with Crippen molar-refractivity contribution in [1.29, 1.82) is 5.26 Å². The highest BCUT2D eigenvalue weighted by molar-refractivity contribution is 6.31. The predicted molar refractivity (Wildman–Crippen MR) is 83.8 cm³/mol. The highest BCUT2D eigenvalue weighted by Gasteiger charge is 2.10. The van der Waals surface area contributed by atoms with E-state index in [2.05, 4.69) is 11.1 Å². The number of Topliss-reactive ketones (excluding diaryl/α,β-unsaturated/α-hetero) is 1. The summed E-state index contributed by atoms with van der Waals surface area (Å²) in [6.07, 6.45) is 4.00. The van der Waals surface area contributed by atoms with E-state index in [-0.39, 0.29) is 12.2 Å². The number of aromatic nitrogens is 2. The van der Waals surface area contributed by atoms with E-state index < -0.39 is 0 Å². The fourth-order valence-corrected chi connectivity index (χ4v) is 2.63. The normalized spacial score (nSPS) is 10.5. The van der Waals surface area contributed by atoms with Gasteiger partial charge in [0.2, 0.25) is 0 Å². The highest BCUT2D eigenvalue weighted by Crippen LogP contribution is 2.17. The number of carbonyl (C=O) groups is 1. The first-order valence-electron chi connectivity index (χ1n) is 6.77. The van der Waals surface area contributed by atoms with E-state index in [0.29, 0.717) is 17.0 Å². The highest BCUT2D eigenvalue weighted by atomic mass is 35.5. The number of carbonyl (C=O) groups excluding carboxylic acids is 1. The second-order valence-electron chi connectivity index (χ2n) is 5.05. The molecule has 0 bridgehead atoms. The van der Waals surface area contributed by atoms with Gasteiger partial charge in [0.1, 0.15) is 5.78 Å². The van der Waals surface area contributed by atoms with Gasteiger partial charge in [-0.1, -0.05) is 23.7 Å². The minimum atomic E-state index is 0.0852. The Morgan fingerprint density at radius 2 is 2.00 bits per heavy atom. The quantitative estimate of drug-likeness (QED) is 0.743. The molecule has 3 aromatic rings. The Morgan fingerprint density at radius 1 is 1.23 bits per heavy atom. The average Bonchev–Trinajstić information content (AvgIpc) is 2.96. The van der Waals surface area contributed by atoms with Gasteiger partial charge in [-0.25, -0.2) is 4.98 Å². The van der Waals surface area contributed by atoms with E-state index in [1.165, 1.54) is 0 Å². The molecule has 0 aliphatic rings. The molecule has 0 saturated heterocycles. The van der Waals surface area contributed by atoms with Crippen LogP contribution < -0.4 is 0 Å². The molecule has 3 rings (SSSR count). The zero-order valence-electron chi connectivity index (χ0n) is 11.7. The van der Waals surface area contributed by atoms with Crippen molar-refractivity contribution in [3.63, 3.8) is 0 Å². The Labute approximate surface area is 132 Å². The first kappa shape index (κ1) is 14.3. The summed E-state index contributed by atoms with van der Waals surface area (Å²) in [6.45, 7) is 0. The van der Waals surface area contributed by atoms with Gasteiger partial charge in [0.25, 0.3) is 0 Å². The molecule has 1 aromatic carbocycles. The van der Waals surface area contributed by atoms with Gasteiger partial charge in [-0.2, -0.15) is 5.26 Å². The molecular weight excluding hydrogens is 298 g/mol. The number of nitrogens with zero attached hydrogens (tertiary/aromatic N) is 3. The van der Waals surface area contributed by atoms with Crippen molar-refractivity contribution in [3.05, 3.63) is 70.8 Å². The van der Waals surface area contributed by atoms with E-state index in [4.69, 9.17) is 16.9 Å². The van der Waals surface area contributed by atoms with Gasteiger partial charge in [-0.15, -0.1) is 0 Å². The Balaban J connectivity index is 1.78. The SMILES string of the molecule is N#Cc1ccc(CC(=O)Cc2cc(Cl)cc3cncn23)cc1. The maximum absolute atomic E-state index is 12.3. The van der Waals surface area contributed by atoms with Crippen LogP contribution in [0.4, 0.5) is 0 Å². The number of rotatable bonds is 4. The summed E-state index contributed by atoms with van der Waals surface area (Å²) in [5.74, 6) is 0.0852. The van der Waals surface area contributed by atoms with Crippen molar-refractivity contribution in [1.82, 2.24) is 9.38 Å². The number of hydrogen-bond acceptors (Lipinski definition) is 3. The molecule has 0 amide bonds. The maximum atomic E-state index is 12.3. The Hall–Kier alpha value is -2.64. The van der Waals surface area contributed by atoms with Crippen molar-refractivity contribution >= 4 is 22.9 Å². The summed E-state index contributed by atoms with van der Waals surface area (Å²) < 4.78 is 1.86. The number of ketones is 1. The topological polar surface area (TPSA) is 58.2 Å². The van der Waals surface area contributed by atoms with Crippen molar-refractivity contribution in [2.24, 2.45) is 0 Å². The fraction of sp³-hybridized carbons (Fsp3) is 0.118. The summed E-state index contributed by atoms with van der Waals surface area (Å²) in [6, 6.07) is 12.7. The van der Waals surface area contributed by atoms with Crippen molar-refractivity contribution < 1.29 is 4.79 Å². The molecule has 0 N–H and O–H groups in total. The molecule has 0 unspecified atom stereocenters. The van der Waals surface area contributed by atoms with Crippen LogP contribution in [0.2, 0.25) is 5.02 Å². The van der Waals surface area contributed by atoms with Crippen molar-refractivity contribution in [3.8, 4) is 6.07 Å². The van der Waals surface area contributed by atoms with E-state index in [1.807, 2.05) is 10.5 Å². The van der Waals surface area contributed by atoms with Crippen LogP contribution in [0.1, 0.15) is 16.8 Å². The van der Waals surface area contributed by atoms with Crippen LogP contribution in [0.25, 0.3) is 5.52 Å². The number of halogens is 1. The number of imidazole rings is 1. The lowest BCUT2D eigenvalue weighted by Crippen LogP contribution is -2.09. The number of nitriles is 1. The van der Waals surface area contributed by atoms with Gasteiger partial charge in [0.05, 0.1) is 29.7 Å². The van der Waals surface area contributed by atoms with Gasteiger partial charge in [-0.05, 0) is 29.8 Å². The lowest BCUT2D eigenvalue weighted by Gasteiger charge is -2.06. The molecule has 2 aromatic heterocycles. The molecule has 0 radical (unpaired) electrons. The summed E-state index contributed by atoms with van der Waals surface area (Å²) in [7, 11) is 0. The lowest BCUT2D eigenvalue weighted by molar-refractivity contribution is -0.117. The standard InChI is InChI=1S/C17H12ClN3O/c18-14-6-15(21-11-20-10-16(21)7-14)8-17(22)5-12-1-3-13(9-19)4-2-12/h1-4,6-7,10-11H,5,8H2. The van der Waals surface area contributed by atoms with Crippen molar-refractivity contribution in [2.45, 2.75) is 12.8 Å². The molecule has 0 aliphatic heterocycles. The molecule has 2 heterocycles. The molecule has 0 aliphatic carbocycles. The van der Waals surface area contributed by atoms with Crippen LogP contribution in [0.15, 0.2) is 48.9 Å². The second-order valence-corrected chi connectivity index (χ2v) is 5.49. The summed E-state index contributed by atoms with van der Waals surface area (Å²) in [5.41, 5.74) is 3.17. The largest absolute Gasteiger partial charge is 0.303 e. The van der Waals surface area contributed by atoms with E-state index in [0.717, 1.165) is 16.8 Å². The van der Waals surface area contributed by atoms with Crippen LogP contribution in [-0.2, 0) is 17.6 Å². The van der Waals surface area contributed by atoms with Gasteiger partial charge >= 0.3 is 0 Å². The zero-order chi connectivity index (χ0) is 15.5. The Kier molecular flexibility index (Phi) is 3.90. The Morgan fingerprint density at radius 3 is 2.73 bits per heavy atom. The van der Waals surface area contributed by atoms with Crippen LogP contribution >= 0.6 is 11.6 Å². The van der Waals surface area contributed by atoms with Gasteiger partial charge in [0.15, 0.2) is 0 Å². The van der Waals surface area contributed by atoms with E-state index >= 15 is 0 Å². The third-order valence-electron chi connectivity index (χ3n) is 3.43. The first-order valence-corrected chi connectivity index (χ1v) is 7.15. The molecule has 0 fully saturated rings. The lowest BCUT2D eigenvalue weighted by atomic mass is 10.0. The average molecular weight is 310 g/mol. The predicted octanol–water partition coefficient (Wildman–Crippen LogP) is 3.21. The smallest absolute Gasteiger partial charge is 0.143 e. The molecule has 4 nitrogen and oxygen atoms in total. The van der Waals surface area contributed by atoms with E-state index in [9.17, 15) is 4.79 Å². The van der Waals surface area contributed by atoms with Gasteiger partial charge in [-0.3, -0.25) is 4.79 Å². The molecule has 22 heavy (non-hydrogen) atoms. The minimum absolute atomic E-state index is 0.0852. The maximum Gasteiger partial charge on any atom is 0.143 e. The van der Waals surface area contributed by atoms with Crippen LogP contribution in [0, 0.1) is 11.3 Å². The van der Waals surface area contributed by atoms with Gasteiger partial charge in [0, 0.05) is 23.6 Å². The van der Waals surface area contributed by atoms with Crippen LogP contribution in [0.3, 0.4) is 0 Å². The summed E-state index contributed by atoms with van der Waals surface area (Å²) in [4.78, 5) is 16.3. The number of fused-ring (bicyclic) bond motifs is 1. The van der Waals surface area contributed by atoms with Crippen molar-refractivity contribution in [2.75, 3.05) is 0 Å². The summed E-state index contributed by atoms with van der Waals surface area (Å²) in [5, 5.41) is 9.37. The molecule has 108 valence electrons. The second kappa shape index (κ2) is 6.00. The monoisotopic (exact) mass is 309 g/mol. The third-order valence-corrected chi connectivity index (χ3v) is 3.65. The number of hydrogen-bond donors (Lipinski definition) is 0. The third kappa shape index (κ3) is 3.00. The zero-order valence-corrected chi connectivity index (χ0v) is 12.4. The minimum Gasteiger partial charge on any atom is -0.303 e. The van der Waals surface area contributed by atoms with E-state index in [1.54, 1.807) is 42.9 Å². The number of benzene rings is 1. The van der Waals surface area contributed by atoms with Crippen LogP contribution in [-0.4, -0.2) is 15.2 Å². The van der Waals surface area contributed by atoms with Crippen LogP contribution in [0.5, 0.6) is 0 Å². The molecule has 0 spiro atoms. The Bertz CT molecular complexity index is 875. The molecular formula is C17H12ClN3O. The number of pyridine rings is 1. The van der Waals surface area contributed by atoms with Gasteiger partial charge < -0.3 is 4.40 Å². The fourth-order valence-electron chi connectivity index (χ4n) is 2.39. The molecule has 0 saturated carbocycles. The summed E-state index contributed by atoms with van der Waals surface area (Å²) >= 11 is 6.07. The first-order chi connectivity index (χ1) is 10.7.